The summed E-state index contributed by atoms with van der Waals surface area (Å²) in [6.45, 7) is 7.85. The Hall–Kier alpha value is -0.840. The fourth-order valence-corrected chi connectivity index (χ4v) is 2.81. The molecule has 1 saturated heterocycles. The molecule has 0 spiro atoms. The van der Waals surface area contributed by atoms with E-state index in [1.807, 2.05) is 24.3 Å². The molecule has 3 nitrogen and oxygen atoms in total. The molecule has 18 heavy (non-hydrogen) atoms. The number of benzene rings is 1. The van der Waals surface area contributed by atoms with E-state index in [2.05, 4.69) is 32.7 Å². The lowest BCUT2D eigenvalue weighted by Gasteiger charge is -2.35. The molecular formula is C14H19BrN2O. The van der Waals surface area contributed by atoms with Gasteiger partial charge in [0.25, 0.3) is 0 Å². The largest absolute Gasteiger partial charge is 0.506 e. The van der Waals surface area contributed by atoms with Crippen molar-refractivity contribution in [1.29, 1.82) is 0 Å². The molecule has 0 bridgehead atoms. The van der Waals surface area contributed by atoms with Gasteiger partial charge in [0.15, 0.2) is 0 Å². The predicted octanol–water partition coefficient (Wildman–Crippen LogP) is 2.68. The maximum atomic E-state index is 10.2. The Morgan fingerprint density at radius 1 is 1.44 bits per heavy atom. The average Bonchev–Trinajstić information content (AvgIpc) is 2.41. The van der Waals surface area contributed by atoms with E-state index in [0.29, 0.717) is 5.75 Å². The topological polar surface area (TPSA) is 35.5 Å². The summed E-state index contributed by atoms with van der Waals surface area (Å²) in [6.07, 6.45) is 2.77. The first-order valence-electron chi connectivity index (χ1n) is 6.27. The monoisotopic (exact) mass is 310 g/mol. The number of nitrogens with one attached hydrogen (secondary N) is 1. The van der Waals surface area contributed by atoms with Crippen molar-refractivity contribution in [2.45, 2.75) is 12.5 Å². The Morgan fingerprint density at radius 3 is 2.83 bits per heavy atom. The number of phenolic OH excluding ortho intramolecular Hbond substituents is 1. The molecule has 1 aliphatic rings. The summed E-state index contributed by atoms with van der Waals surface area (Å²) < 4.78 is 0.754. The lowest BCUT2D eigenvalue weighted by Crippen LogP contribution is -2.45. The standard InChI is InChI=1S/C14H19BrN2O/c1-2-4-13(17-9-7-16-8-10-17)11-5-3-6-12(15)14(11)18/h2-3,5-6,13,16,18H,1,4,7-10H2/t13-/m1/s1. The lowest BCUT2D eigenvalue weighted by atomic mass is 10.00. The summed E-state index contributed by atoms with van der Waals surface area (Å²) in [4.78, 5) is 2.40. The van der Waals surface area contributed by atoms with Gasteiger partial charge < -0.3 is 10.4 Å². The summed E-state index contributed by atoms with van der Waals surface area (Å²) in [5.41, 5.74) is 0.978. The van der Waals surface area contributed by atoms with Gasteiger partial charge in [0.05, 0.1) is 4.47 Å². The summed E-state index contributed by atoms with van der Waals surface area (Å²) in [6, 6.07) is 6.04. The van der Waals surface area contributed by atoms with E-state index in [-0.39, 0.29) is 6.04 Å². The van der Waals surface area contributed by atoms with Gasteiger partial charge in [-0.25, -0.2) is 0 Å². The van der Waals surface area contributed by atoms with Gasteiger partial charge in [-0.15, -0.1) is 6.58 Å². The van der Waals surface area contributed by atoms with Crippen LogP contribution >= 0.6 is 15.9 Å². The van der Waals surface area contributed by atoms with E-state index < -0.39 is 0 Å². The van der Waals surface area contributed by atoms with Gasteiger partial charge in [-0.1, -0.05) is 18.2 Å². The zero-order valence-corrected chi connectivity index (χ0v) is 12.0. The number of para-hydroxylation sites is 1. The van der Waals surface area contributed by atoms with E-state index in [9.17, 15) is 5.11 Å². The molecule has 1 aliphatic heterocycles. The van der Waals surface area contributed by atoms with E-state index in [1.165, 1.54) is 0 Å². The second-order valence-electron chi connectivity index (χ2n) is 4.50. The highest BCUT2D eigenvalue weighted by Gasteiger charge is 2.23. The zero-order chi connectivity index (χ0) is 13.0. The third-order valence-electron chi connectivity index (χ3n) is 3.36. The van der Waals surface area contributed by atoms with Crippen LogP contribution in [0.4, 0.5) is 0 Å². The molecule has 1 fully saturated rings. The Labute approximate surface area is 117 Å². The van der Waals surface area contributed by atoms with Crippen molar-refractivity contribution in [3.63, 3.8) is 0 Å². The number of hydrogen-bond donors (Lipinski definition) is 2. The molecule has 1 atom stereocenters. The van der Waals surface area contributed by atoms with Crippen molar-refractivity contribution >= 4 is 15.9 Å². The maximum absolute atomic E-state index is 10.2. The third kappa shape index (κ3) is 2.94. The number of piperazine rings is 1. The van der Waals surface area contributed by atoms with Gasteiger partial charge in [-0.2, -0.15) is 0 Å². The minimum absolute atomic E-state index is 0.210. The van der Waals surface area contributed by atoms with Crippen LogP contribution in [0.5, 0.6) is 5.75 Å². The van der Waals surface area contributed by atoms with Gasteiger partial charge in [0.2, 0.25) is 0 Å². The van der Waals surface area contributed by atoms with Crippen LogP contribution in [-0.2, 0) is 0 Å². The molecule has 0 saturated carbocycles. The van der Waals surface area contributed by atoms with Gasteiger partial charge in [-0.05, 0) is 28.4 Å². The Morgan fingerprint density at radius 2 is 2.17 bits per heavy atom. The van der Waals surface area contributed by atoms with Crippen LogP contribution in [0, 0.1) is 0 Å². The number of phenols is 1. The van der Waals surface area contributed by atoms with Crippen molar-refractivity contribution in [1.82, 2.24) is 10.2 Å². The Bertz CT molecular complexity index is 416. The molecule has 0 aromatic heterocycles. The fraction of sp³-hybridized carbons (Fsp3) is 0.429. The molecule has 98 valence electrons. The molecule has 4 heteroatoms. The first kappa shape index (κ1) is 13.6. The molecule has 1 aromatic carbocycles. The molecule has 0 aliphatic carbocycles. The molecule has 2 N–H and O–H groups in total. The number of rotatable bonds is 4. The van der Waals surface area contributed by atoms with E-state index >= 15 is 0 Å². The zero-order valence-electron chi connectivity index (χ0n) is 10.4. The summed E-state index contributed by atoms with van der Waals surface area (Å²) in [5.74, 6) is 0.350. The minimum atomic E-state index is 0.210. The summed E-state index contributed by atoms with van der Waals surface area (Å²) in [7, 11) is 0. The van der Waals surface area contributed by atoms with E-state index in [1.54, 1.807) is 0 Å². The Balaban J connectivity index is 2.28. The summed E-state index contributed by atoms with van der Waals surface area (Å²) >= 11 is 3.38. The second-order valence-corrected chi connectivity index (χ2v) is 5.36. The highest BCUT2D eigenvalue weighted by Crippen LogP contribution is 2.36. The van der Waals surface area contributed by atoms with Crippen LogP contribution in [0.25, 0.3) is 0 Å². The van der Waals surface area contributed by atoms with Crippen molar-refractivity contribution < 1.29 is 5.11 Å². The highest BCUT2D eigenvalue weighted by molar-refractivity contribution is 9.10. The van der Waals surface area contributed by atoms with Crippen molar-refractivity contribution in [3.8, 4) is 5.75 Å². The van der Waals surface area contributed by atoms with E-state index in [0.717, 1.165) is 42.6 Å². The van der Waals surface area contributed by atoms with Crippen LogP contribution in [-0.4, -0.2) is 36.2 Å². The molecule has 2 rings (SSSR count). The molecular weight excluding hydrogens is 292 g/mol. The SMILES string of the molecule is C=CC[C@H](c1cccc(Br)c1O)N1CCNCC1. The molecule has 0 amide bonds. The van der Waals surface area contributed by atoms with E-state index in [4.69, 9.17) is 0 Å². The smallest absolute Gasteiger partial charge is 0.134 e. The van der Waals surface area contributed by atoms with Crippen molar-refractivity contribution in [3.05, 3.63) is 40.9 Å². The number of hydrogen-bond acceptors (Lipinski definition) is 3. The highest BCUT2D eigenvalue weighted by atomic mass is 79.9. The predicted molar refractivity (Wildman–Crippen MR) is 77.8 cm³/mol. The third-order valence-corrected chi connectivity index (χ3v) is 4.00. The normalized spacial score (nSPS) is 18.5. The average molecular weight is 311 g/mol. The van der Waals surface area contributed by atoms with Crippen molar-refractivity contribution in [2.75, 3.05) is 26.2 Å². The lowest BCUT2D eigenvalue weighted by molar-refractivity contribution is 0.172. The Kier molecular flexibility index (Phi) is 4.80. The fourth-order valence-electron chi connectivity index (χ4n) is 2.43. The van der Waals surface area contributed by atoms with Crippen LogP contribution in [0.15, 0.2) is 35.3 Å². The molecule has 1 aromatic rings. The van der Waals surface area contributed by atoms with Crippen LogP contribution in [0.3, 0.4) is 0 Å². The quantitative estimate of drug-likeness (QED) is 0.839. The van der Waals surface area contributed by atoms with Gasteiger partial charge in [0, 0.05) is 37.8 Å². The molecule has 0 unspecified atom stereocenters. The summed E-state index contributed by atoms with van der Waals surface area (Å²) in [5, 5.41) is 13.6. The van der Waals surface area contributed by atoms with Gasteiger partial charge >= 0.3 is 0 Å². The first-order valence-corrected chi connectivity index (χ1v) is 7.06. The number of halogens is 1. The van der Waals surface area contributed by atoms with Crippen LogP contribution < -0.4 is 5.32 Å². The number of aromatic hydroxyl groups is 1. The molecule has 0 radical (unpaired) electrons. The number of nitrogens with zero attached hydrogens (tertiary/aromatic N) is 1. The second kappa shape index (κ2) is 6.36. The van der Waals surface area contributed by atoms with Crippen molar-refractivity contribution in [2.24, 2.45) is 0 Å². The van der Waals surface area contributed by atoms with Gasteiger partial charge in [0.1, 0.15) is 5.75 Å². The molecule has 1 heterocycles. The first-order chi connectivity index (χ1) is 8.74. The minimum Gasteiger partial charge on any atom is -0.506 e. The van der Waals surface area contributed by atoms with Crippen LogP contribution in [0.2, 0.25) is 0 Å². The van der Waals surface area contributed by atoms with Crippen LogP contribution in [0.1, 0.15) is 18.0 Å². The van der Waals surface area contributed by atoms with Gasteiger partial charge in [-0.3, -0.25) is 4.90 Å². The maximum Gasteiger partial charge on any atom is 0.134 e.